The molecule has 0 radical (unpaired) electrons. The van der Waals surface area contributed by atoms with Crippen LogP contribution in [0.4, 0.5) is 0 Å². The van der Waals surface area contributed by atoms with Crippen molar-refractivity contribution in [1.29, 1.82) is 0 Å². The number of allylic oxidation sites excluding steroid dienone is 3. The van der Waals surface area contributed by atoms with Gasteiger partial charge in [-0.15, -0.1) is 0 Å². The smallest absolute Gasteiger partial charge is 0.161 e. The van der Waals surface area contributed by atoms with Gasteiger partial charge in [-0.3, -0.25) is 0 Å². The van der Waals surface area contributed by atoms with E-state index in [2.05, 4.69) is 16.5 Å². The summed E-state index contributed by atoms with van der Waals surface area (Å²) >= 11 is 6.20. The summed E-state index contributed by atoms with van der Waals surface area (Å²) in [5, 5.41) is 0.433. The largest absolute Gasteiger partial charge is 0.228 e. The van der Waals surface area contributed by atoms with Crippen molar-refractivity contribution in [2.24, 2.45) is 0 Å². The summed E-state index contributed by atoms with van der Waals surface area (Å²) in [4.78, 5) is 9.02. The topological polar surface area (TPSA) is 25.8 Å². The zero-order valence-electron chi connectivity index (χ0n) is 13.4. The van der Waals surface area contributed by atoms with Crippen molar-refractivity contribution in [2.75, 3.05) is 0 Å². The van der Waals surface area contributed by atoms with Gasteiger partial charge in [0.05, 0.1) is 5.69 Å². The molecule has 0 aliphatic heterocycles. The molecule has 3 rings (SSSR count). The van der Waals surface area contributed by atoms with Gasteiger partial charge in [-0.25, -0.2) is 9.97 Å². The Bertz CT molecular complexity index is 881. The van der Waals surface area contributed by atoms with E-state index in [1.165, 1.54) is 0 Å². The van der Waals surface area contributed by atoms with Crippen LogP contribution in [0.15, 0.2) is 79.4 Å². The molecule has 0 spiro atoms. The summed E-state index contributed by atoms with van der Waals surface area (Å²) < 4.78 is 0. The van der Waals surface area contributed by atoms with Gasteiger partial charge in [0.15, 0.2) is 5.82 Å². The van der Waals surface area contributed by atoms with E-state index in [9.17, 15) is 0 Å². The molecule has 0 amide bonds. The molecule has 2 aromatic carbocycles. The summed E-state index contributed by atoms with van der Waals surface area (Å²) in [5.74, 6) is 0.619. The first-order chi connectivity index (χ1) is 11.7. The van der Waals surface area contributed by atoms with Gasteiger partial charge in [0.1, 0.15) is 5.15 Å². The minimum absolute atomic E-state index is 0.433. The number of rotatable bonds is 4. The summed E-state index contributed by atoms with van der Waals surface area (Å²) in [6.45, 7) is 5.83. The van der Waals surface area contributed by atoms with Crippen LogP contribution >= 0.6 is 11.6 Å². The van der Waals surface area contributed by atoms with Crippen LogP contribution in [0.25, 0.3) is 28.2 Å². The van der Waals surface area contributed by atoms with E-state index in [0.29, 0.717) is 11.0 Å². The van der Waals surface area contributed by atoms with Crippen molar-refractivity contribution in [1.82, 2.24) is 9.97 Å². The third kappa shape index (κ3) is 3.44. The normalized spacial score (nSPS) is 11.3. The molecule has 0 aliphatic carbocycles. The molecule has 3 aromatic rings. The highest BCUT2D eigenvalue weighted by Gasteiger charge is 2.08. The molecular weight excluding hydrogens is 316 g/mol. The van der Waals surface area contributed by atoms with Crippen molar-refractivity contribution >= 4 is 17.2 Å². The number of halogens is 1. The van der Waals surface area contributed by atoms with Crippen LogP contribution < -0.4 is 0 Å². The molecule has 0 N–H and O–H groups in total. The highest BCUT2D eigenvalue weighted by atomic mass is 35.5. The Kier molecular flexibility index (Phi) is 4.88. The molecule has 1 aromatic heterocycles. The highest BCUT2D eigenvalue weighted by Crippen LogP contribution is 2.25. The van der Waals surface area contributed by atoms with Gasteiger partial charge >= 0.3 is 0 Å². The Labute approximate surface area is 147 Å². The Hall–Kier alpha value is -2.71. The molecular formula is C21H17ClN2. The second-order valence-electron chi connectivity index (χ2n) is 5.29. The number of benzene rings is 2. The first-order valence-corrected chi connectivity index (χ1v) is 8.08. The van der Waals surface area contributed by atoms with E-state index in [4.69, 9.17) is 11.6 Å². The van der Waals surface area contributed by atoms with Crippen LogP contribution in [0.1, 0.15) is 12.5 Å². The predicted octanol–water partition coefficient (Wildman–Crippen LogP) is 6.05. The fourth-order valence-corrected chi connectivity index (χ4v) is 2.70. The molecule has 118 valence electrons. The van der Waals surface area contributed by atoms with Crippen LogP contribution in [-0.4, -0.2) is 9.97 Å². The minimum Gasteiger partial charge on any atom is -0.228 e. The van der Waals surface area contributed by atoms with Crippen molar-refractivity contribution in [3.8, 4) is 22.6 Å². The summed E-state index contributed by atoms with van der Waals surface area (Å²) in [7, 11) is 0. The first kappa shape index (κ1) is 16.2. The van der Waals surface area contributed by atoms with E-state index in [1.807, 2.05) is 73.7 Å². The molecule has 0 saturated carbocycles. The third-order valence-corrected chi connectivity index (χ3v) is 3.97. The van der Waals surface area contributed by atoms with Gasteiger partial charge in [0.25, 0.3) is 0 Å². The monoisotopic (exact) mass is 332 g/mol. The van der Waals surface area contributed by atoms with Gasteiger partial charge in [-0.05, 0) is 18.1 Å². The van der Waals surface area contributed by atoms with Gasteiger partial charge in [-0.1, -0.05) is 84.9 Å². The van der Waals surface area contributed by atoms with E-state index >= 15 is 0 Å². The van der Waals surface area contributed by atoms with Gasteiger partial charge in [-0.2, -0.15) is 0 Å². The number of hydrogen-bond acceptors (Lipinski definition) is 2. The second kappa shape index (κ2) is 7.24. The lowest BCUT2D eigenvalue weighted by Crippen LogP contribution is -1.93. The Balaban J connectivity index is 2.01. The lowest BCUT2D eigenvalue weighted by Gasteiger charge is -2.07. The highest BCUT2D eigenvalue weighted by molar-refractivity contribution is 6.29. The van der Waals surface area contributed by atoms with Crippen molar-refractivity contribution in [3.05, 3.63) is 90.1 Å². The number of aromatic nitrogens is 2. The minimum atomic E-state index is 0.433. The van der Waals surface area contributed by atoms with E-state index < -0.39 is 0 Å². The molecule has 0 atom stereocenters. The average Bonchev–Trinajstić information content (AvgIpc) is 2.63. The second-order valence-corrected chi connectivity index (χ2v) is 5.68. The fourth-order valence-electron chi connectivity index (χ4n) is 2.52. The van der Waals surface area contributed by atoms with Crippen molar-refractivity contribution in [2.45, 2.75) is 6.92 Å². The standard InChI is InChI=1S/C21H17ClN2/c1-3-15(4-2)16-10-12-18(13-11-16)21-23-19(14-20(22)24-21)17-8-6-5-7-9-17/h3-14H,1H2,2H3/b15-4+. The van der Waals surface area contributed by atoms with Crippen molar-refractivity contribution in [3.63, 3.8) is 0 Å². The van der Waals surface area contributed by atoms with Crippen LogP contribution in [0, 0.1) is 0 Å². The van der Waals surface area contributed by atoms with Crippen molar-refractivity contribution < 1.29 is 0 Å². The predicted molar refractivity (Wildman–Crippen MR) is 102 cm³/mol. The van der Waals surface area contributed by atoms with E-state index in [0.717, 1.165) is 28.0 Å². The zero-order chi connectivity index (χ0) is 16.9. The van der Waals surface area contributed by atoms with Crippen LogP contribution in [0.2, 0.25) is 5.15 Å². The van der Waals surface area contributed by atoms with E-state index in [-0.39, 0.29) is 0 Å². The molecule has 0 unspecified atom stereocenters. The average molecular weight is 333 g/mol. The first-order valence-electron chi connectivity index (χ1n) is 7.71. The van der Waals surface area contributed by atoms with Crippen LogP contribution in [0.3, 0.4) is 0 Å². The molecule has 0 bridgehead atoms. The molecule has 24 heavy (non-hydrogen) atoms. The van der Waals surface area contributed by atoms with Crippen LogP contribution in [0.5, 0.6) is 0 Å². The van der Waals surface area contributed by atoms with E-state index in [1.54, 1.807) is 6.07 Å². The molecule has 2 nitrogen and oxygen atoms in total. The lowest BCUT2D eigenvalue weighted by molar-refractivity contribution is 1.18. The Morgan fingerprint density at radius 2 is 1.67 bits per heavy atom. The fraction of sp³-hybridized carbons (Fsp3) is 0.0476. The maximum Gasteiger partial charge on any atom is 0.161 e. The Morgan fingerprint density at radius 1 is 0.958 bits per heavy atom. The molecule has 0 saturated heterocycles. The lowest BCUT2D eigenvalue weighted by atomic mass is 10.0. The quantitative estimate of drug-likeness (QED) is 0.429. The number of nitrogens with zero attached hydrogens (tertiary/aromatic N) is 2. The van der Waals surface area contributed by atoms with Gasteiger partial charge in [0.2, 0.25) is 0 Å². The third-order valence-electron chi connectivity index (χ3n) is 3.77. The SMILES string of the molecule is C=C/C(=C\C)c1ccc(-c2nc(Cl)cc(-c3ccccc3)n2)cc1. The maximum atomic E-state index is 6.20. The Morgan fingerprint density at radius 3 is 2.29 bits per heavy atom. The zero-order valence-corrected chi connectivity index (χ0v) is 14.2. The summed E-state index contributed by atoms with van der Waals surface area (Å²) in [6, 6.07) is 19.8. The summed E-state index contributed by atoms with van der Waals surface area (Å²) in [5.41, 5.74) is 4.97. The molecule has 3 heteroatoms. The summed E-state index contributed by atoms with van der Waals surface area (Å²) in [6.07, 6.45) is 3.88. The molecule has 1 heterocycles. The maximum absolute atomic E-state index is 6.20. The number of hydrogen-bond donors (Lipinski definition) is 0. The van der Waals surface area contributed by atoms with Gasteiger partial charge in [0, 0.05) is 17.2 Å². The van der Waals surface area contributed by atoms with Crippen LogP contribution in [-0.2, 0) is 0 Å². The van der Waals surface area contributed by atoms with Gasteiger partial charge < -0.3 is 0 Å². The molecule has 0 fully saturated rings. The molecule has 0 aliphatic rings.